The van der Waals surface area contributed by atoms with Crippen molar-refractivity contribution in [3.63, 3.8) is 0 Å². The van der Waals surface area contributed by atoms with E-state index < -0.39 is 11.5 Å². The number of hydrogen-bond donors (Lipinski definition) is 2. The van der Waals surface area contributed by atoms with Crippen molar-refractivity contribution < 1.29 is 23.1 Å². The number of alkyl halides is 3. The van der Waals surface area contributed by atoms with Gasteiger partial charge in [-0.05, 0) is 36.4 Å². The summed E-state index contributed by atoms with van der Waals surface area (Å²) in [7, 11) is 0. The molecule has 1 aliphatic heterocycles. The molecule has 2 aromatic heterocycles. The lowest BCUT2D eigenvalue weighted by atomic mass is 10.0. The number of carbonyl (C=O) groups is 2. The lowest BCUT2D eigenvalue weighted by molar-refractivity contribution is -0.0964. The first kappa shape index (κ1) is 21.0. The fourth-order valence-electron chi connectivity index (χ4n) is 2.95. The van der Waals surface area contributed by atoms with Crippen LogP contribution >= 0.6 is 23.2 Å². The van der Waals surface area contributed by atoms with Crippen LogP contribution in [0.5, 0.6) is 5.75 Å². The zero-order valence-corrected chi connectivity index (χ0v) is 17.0. The van der Waals surface area contributed by atoms with Crippen molar-refractivity contribution in [2.45, 2.75) is 12.1 Å². The lowest BCUT2D eigenvalue weighted by Gasteiger charge is -2.11. The van der Waals surface area contributed by atoms with Crippen LogP contribution in [0.1, 0.15) is 26.4 Å². The molecular formula is C20H12Cl2F2N4O3. The van der Waals surface area contributed by atoms with Crippen LogP contribution in [0.15, 0.2) is 48.8 Å². The molecule has 2 N–H and O–H groups in total. The maximum atomic E-state index is 12.7. The van der Waals surface area contributed by atoms with E-state index >= 15 is 0 Å². The van der Waals surface area contributed by atoms with Crippen molar-refractivity contribution >= 4 is 40.7 Å². The van der Waals surface area contributed by atoms with E-state index in [2.05, 4.69) is 25.3 Å². The number of anilines is 1. The summed E-state index contributed by atoms with van der Waals surface area (Å²) in [6, 6.07) is 8.39. The van der Waals surface area contributed by atoms with Gasteiger partial charge in [0.15, 0.2) is 0 Å². The zero-order valence-electron chi connectivity index (χ0n) is 15.5. The maximum absolute atomic E-state index is 12.7. The number of halogens is 4. The average molecular weight is 465 g/mol. The van der Waals surface area contributed by atoms with Crippen LogP contribution in [-0.4, -0.2) is 27.4 Å². The minimum Gasteiger partial charge on any atom is -0.420 e. The molecule has 0 saturated carbocycles. The van der Waals surface area contributed by atoms with E-state index in [0.29, 0.717) is 34.6 Å². The van der Waals surface area contributed by atoms with Gasteiger partial charge in [-0.15, -0.1) is 8.78 Å². The molecule has 11 heteroatoms. The topological polar surface area (TPSA) is 93.2 Å². The SMILES string of the molecule is O=C(Nc1ccc(OC(F)(F)Cl)cc1)c1cnc(Cl)c(-c2cnc3c(c2)C(=O)NC3)c1. The Morgan fingerprint density at radius 1 is 1.13 bits per heavy atom. The molecule has 0 fully saturated rings. The van der Waals surface area contributed by atoms with Gasteiger partial charge in [0.2, 0.25) is 0 Å². The molecule has 158 valence electrons. The highest BCUT2D eigenvalue weighted by atomic mass is 35.5. The third-order valence-electron chi connectivity index (χ3n) is 4.39. The highest BCUT2D eigenvalue weighted by molar-refractivity contribution is 6.32. The minimum atomic E-state index is -3.83. The Kier molecular flexibility index (Phi) is 5.47. The molecule has 31 heavy (non-hydrogen) atoms. The highest BCUT2D eigenvalue weighted by Gasteiger charge is 2.27. The summed E-state index contributed by atoms with van der Waals surface area (Å²) in [5.41, 5.74) is -1.27. The average Bonchev–Trinajstić information content (AvgIpc) is 3.09. The number of ether oxygens (including phenoxy) is 1. The first-order chi connectivity index (χ1) is 14.7. The zero-order chi connectivity index (χ0) is 22.2. The monoisotopic (exact) mass is 464 g/mol. The van der Waals surface area contributed by atoms with Gasteiger partial charge in [0, 0.05) is 40.8 Å². The number of rotatable bonds is 5. The molecule has 0 radical (unpaired) electrons. The molecule has 3 aromatic rings. The molecule has 1 aromatic carbocycles. The molecule has 2 amide bonds. The van der Waals surface area contributed by atoms with E-state index in [1.165, 1.54) is 36.5 Å². The molecule has 0 atom stereocenters. The van der Waals surface area contributed by atoms with Gasteiger partial charge >= 0.3 is 5.57 Å². The number of aromatic nitrogens is 2. The number of amides is 2. The van der Waals surface area contributed by atoms with Crippen LogP contribution in [0.25, 0.3) is 11.1 Å². The van der Waals surface area contributed by atoms with Gasteiger partial charge in [-0.2, -0.15) is 0 Å². The van der Waals surface area contributed by atoms with Gasteiger partial charge in [-0.3, -0.25) is 14.6 Å². The Morgan fingerprint density at radius 3 is 2.58 bits per heavy atom. The van der Waals surface area contributed by atoms with Crippen LogP contribution in [0, 0.1) is 0 Å². The number of hydrogen-bond acceptors (Lipinski definition) is 5. The number of benzene rings is 1. The molecule has 3 heterocycles. The van der Waals surface area contributed by atoms with Gasteiger partial charge in [0.1, 0.15) is 10.9 Å². The predicted molar refractivity (Wildman–Crippen MR) is 109 cm³/mol. The second kappa shape index (κ2) is 8.09. The number of fused-ring (bicyclic) bond motifs is 1. The Hall–Kier alpha value is -3.30. The third kappa shape index (κ3) is 4.73. The summed E-state index contributed by atoms with van der Waals surface area (Å²) < 4.78 is 29.6. The summed E-state index contributed by atoms with van der Waals surface area (Å²) in [5, 5.41) is 5.44. The smallest absolute Gasteiger partial charge is 0.420 e. The largest absolute Gasteiger partial charge is 0.487 e. The van der Waals surface area contributed by atoms with Crippen LogP contribution in [0.2, 0.25) is 5.15 Å². The number of pyridine rings is 2. The van der Waals surface area contributed by atoms with E-state index in [4.69, 9.17) is 23.2 Å². The van der Waals surface area contributed by atoms with Crippen molar-refractivity contribution in [1.29, 1.82) is 0 Å². The standard InChI is InChI=1S/C20H12Cl2F2N4O3/c21-17-14(10-5-15-16(25-7-10)9-27-19(15)30)6-11(8-26-17)18(29)28-12-1-3-13(4-2-12)31-20(22,23)24/h1-8H,9H2,(H,27,30)(H,28,29). The predicted octanol–water partition coefficient (Wildman–Crippen LogP) is 4.46. The van der Waals surface area contributed by atoms with E-state index in [-0.39, 0.29) is 22.4 Å². The van der Waals surface area contributed by atoms with E-state index in [1.54, 1.807) is 12.3 Å². The Labute approximate surface area is 184 Å². The maximum Gasteiger partial charge on any atom is 0.487 e. The van der Waals surface area contributed by atoms with Gasteiger partial charge in [0.05, 0.1) is 23.4 Å². The van der Waals surface area contributed by atoms with Crippen molar-refractivity contribution in [3.05, 3.63) is 70.8 Å². The highest BCUT2D eigenvalue weighted by Crippen LogP contribution is 2.30. The first-order valence-corrected chi connectivity index (χ1v) is 9.55. The minimum absolute atomic E-state index is 0.139. The second-order valence-corrected chi connectivity index (χ2v) is 7.29. The summed E-state index contributed by atoms with van der Waals surface area (Å²) in [5.74, 6) is -0.906. The molecular weight excluding hydrogens is 453 g/mol. The van der Waals surface area contributed by atoms with Crippen molar-refractivity contribution in [3.8, 4) is 16.9 Å². The number of nitrogens with one attached hydrogen (secondary N) is 2. The molecule has 0 bridgehead atoms. The van der Waals surface area contributed by atoms with Crippen molar-refractivity contribution in [1.82, 2.24) is 15.3 Å². The van der Waals surface area contributed by atoms with Crippen molar-refractivity contribution in [2.24, 2.45) is 0 Å². The first-order valence-electron chi connectivity index (χ1n) is 8.80. The summed E-state index contributed by atoms with van der Waals surface area (Å²) in [4.78, 5) is 32.8. The summed E-state index contributed by atoms with van der Waals surface area (Å²) in [6.07, 6.45) is 2.84. The van der Waals surface area contributed by atoms with Crippen LogP contribution < -0.4 is 15.4 Å². The van der Waals surface area contributed by atoms with E-state index in [1.807, 2.05) is 0 Å². The van der Waals surface area contributed by atoms with Gasteiger partial charge in [0.25, 0.3) is 11.8 Å². The fraction of sp³-hybridized carbons (Fsp3) is 0.100. The normalized spacial score (nSPS) is 12.8. The fourth-order valence-corrected chi connectivity index (χ4v) is 3.26. The molecule has 0 unspecified atom stereocenters. The summed E-state index contributed by atoms with van der Waals surface area (Å²) >= 11 is 10.9. The van der Waals surface area contributed by atoms with Crippen LogP contribution in [-0.2, 0) is 6.54 Å². The van der Waals surface area contributed by atoms with E-state index in [0.717, 1.165) is 0 Å². The molecule has 7 nitrogen and oxygen atoms in total. The van der Waals surface area contributed by atoms with Crippen molar-refractivity contribution in [2.75, 3.05) is 5.32 Å². The molecule has 0 saturated heterocycles. The molecule has 4 rings (SSSR count). The second-order valence-electron chi connectivity index (χ2n) is 6.49. The lowest BCUT2D eigenvalue weighted by Crippen LogP contribution is -2.16. The Bertz CT molecular complexity index is 1180. The van der Waals surface area contributed by atoms with Crippen LogP contribution in [0.3, 0.4) is 0 Å². The Balaban J connectivity index is 1.55. The third-order valence-corrected chi connectivity index (χ3v) is 4.77. The summed E-state index contributed by atoms with van der Waals surface area (Å²) in [6.45, 7) is 0.356. The molecule has 1 aliphatic rings. The van der Waals surface area contributed by atoms with Gasteiger partial charge in [-0.1, -0.05) is 11.6 Å². The quantitative estimate of drug-likeness (QED) is 0.429. The Morgan fingerprint density at radius 2 is 1.87 bits per heavy atom. The number of nitrogens with zero attached hydrogens (tertiary/aromatic N) is 2. The van der Waals surface area contributed by atoms with Gasteiger partial charge < -0.3 is 15.4 Å². The van der Waals surface area contributed by atoms with E-state index in [9.17, 15) is 18.4 Å². The number of carbonyl (C=O) groups excluding carboxylic acids is 2. The van der Waals surface area contributed by atoms with Gasteiger partial charge in [-0.25, -0.2) is 4.98 Å². The molecule has 0 aliphatic carbocycles. The van der Waals surface area contributed by atoms with Crippen LogP contribution in [0.4, 0.5) is 14.5 Å². The molecule has 0 spiro atoms.